The quantitative estimate of drug-likeness (QED) is 0.872. The maximum atomic E-state index is 5.86. The fourth-order valence-corrected chi connectivity index (χ4v) is 2.78. The average molecular weight is 282 g/mol. The van der Waals surface area contributed by atoms with E-state index in [1.54, 1.807) is 0 Å². The minimum absolute atomic E-state index is 0.839. The molecule has 2 heterocycles. The van der Waals surface area contributed by atoms with Gasteiger partial charge in [0.05, 0.1) is 0 Å². The second-order valence-corrected chi connectivity index (χ2v) is 5.53. The van der Waals surface area contributed by atoms with Crippen LogP contribution in [0, 0.1) is 0 Å². The number of anilines is 2. The average Bonchev–Trinajstić information content (AvgIpc) is 2.54. The molecule has 1 saturated heterocycles. The zero-order chi connectivity index (χ0) is 14.5. The molecule has 21 heavy (non-hydrogen) atoms. The molecule has 0 spiro atoms. The van der Waals surface area contributed by atoms with E-state index >= 15 is 0 Å². The molecule has 1 aliphatic heterocycles. The van der Waals surface area contributed by atoms with Gasteiger partial charge in [-0.2, -0.15) is 0 Å². The van der Waals surface area contributed by atoms with Crippen LogP contribution >= 0.6 is 0 Å². The third-order valence-corrected chi connectivity index (χ3v) is 4.05. The number of hydrogen-bond acceptors (Lipinski definition) is 4. The first-order valence-corrected chi connectivity index (χ1v) is 7.53. The minimum Gasteiger partial charge on any atom is -0.399 e. The summed E-state index contributed by atoms with van der Waals surface area (Å²) in [6.07, 6.45) is 4.86. The van der Waals surface area contributed by atoms with E-state index in [9.17, 15) is 0 Å². The summed E-state index contributed by atoms with van der Waals surface area (Å²) in [5.41, 5.74) is 9.25. The van der Waals surface area contributed by atoms with Crippen LogP contribution in [0.4, 0.5) is 11.4 Å². The summed E-state index contributed by atoms with van der Waals surface area (Å²) in [5.74, 6) is 0. The van der Waals surface area contributed by atoms with Crippen LogP contribution in [-0.4, -0.2) is 42.6 Å². The molecule has 110 valence electrons. The van der Waals surface area contributed by atoms with Gasteiger partial charge >= 0.3 is 0 Å². The Hall–Kier alpha value is -2.07. The van der Waals surface area contributed by atoms with Crippen molar-refractivity contribution in [2.75, 3.05) is 43.4 Å². The van der Waals surface area contributed by atoms with Gasteiger partial charge < -0.3 is 10.6 Å². The van der Waals surface area contributed by atoms with E-state index in [2.05, 4.69) is 33.0 Å². The molecule has 0 bridgehead atoms. The molecule has 3 rings (SSSR count). The van der Waals surface area contributed by atoms with E-state index < -0.39 is 0 Å². The normalized spacial score (nSPS) is 16.1. The third kappa shape index (κ3) is 3.73. The van der Waals surface area contributed by atoms with Gasteiger partial charge in [-0.1, -0.05) is 12.1 Å². The lowest BCUT2D eigenvalue weighted by atomic mass is 10.2. The largest absolute Gasteiger partial charge is 0.399 e. The van der Waals surface area contributed by atoms with Crippen LogP contribution < -0.4 is 10.6 Å². The number of rotatable bonds is 4. The summed E-state index contributed by atoms with van der Waals surface area (Å²) < 4.78 is 0. The first kappa shape index (κ1) is 13.9. The molecule has 2 N–H and O–H groups in total. The van der Waals surface area contributed by atoms with Gasteiger partial charge in [-0.3, -0.25) is 9.88 Å². The summed E-state index contributed by atoms with van der Waals surface area (Å²) in [6.45, 7) is 5.45. The zero-order valence-corrected chi connectivity index (χ0v) is 12.3. The highest BCUT2D eigenvalue weighted by Crippen LogP contribution is 2.19. The molecule has 0 amide bonds. The highest BCUT2D eigenvalue weighted by Gasteiger charge is 2.16. The van der Waals surface area contributed by atoms with Crippen LogP contribution in [0.15, 0.2) is 48.8 Å². The standard InChI is InChI=1S/C17H22N4/c18-16-4-1-5-17(13-16)21-11-9-20(10-12-21)8-6-15-3-2-7-19-14-15/h1-5,7,13-14H,6,8-12,18H2. The molecule has 1 aromatic carbocycles. The van der Waals surface area contributed by atoms with Crippen LogP contribution in [0.1, 0.15) is 5.56 Å². The third-order valence-electron chi connectivity index (χ3n) is 4.05. The fourth-order valence-electron chi connectivity index (χ4n) is 2.78. The lowest BCUT2D eigenvalue weighted by Crippen LogP contribution is -2.47. The Kier molecular flexibility index (Phi) is 4.36. The Balaban J connectivity index is 1.49. The van der Waals surface area contributed by atoms with Gasteiger partial charge in [0.15, 0.2) is 0 Å². The Morgan fingerprint density at radius 3 is 2.62 bits per heavy atom. The van der Waals surface area contributed by atoms with Crippen molar-refractivity contribution < 1.29 is 0 Å². The Morgan fingerprint density at radius 1 is 1.05 bits per heavy atom. The lowest BCUT2D eigenvalue weighted by molar-refractivity contribution is 0.261. The highest BCUT2D eigenvalue weighted by atomic mass is 15.3. The summed E-state index contributed by atoms with van der Waals surface area (Å²) >= 11 is 0. The van der Waals surface area contributed by atoms with Crippen molar-refractivity contribution in [3.8, 4) is 0 Å². The first-order chi connectivity index (χ1) is 10.3. The van der Waals surface area contributed by atoms with Gasteiger partial charge in [0, 0.05) is 56.5 Å². The SMILES string of the molecule is Nc1cccc(N2CCN(CCc3cccnc3)CC2)c1. The monoisotopic (exact) mass is 282 g/mol. The van der Waals surface area contributed by atoms with E-state index in [0.29, 0.717) is 0 Å². The first-order valence-electron chi connectivity index (χ1n) is 7.53. The Morgan fingerprint density at radius 2 is 1.90 bits per heavy atom. The molecular weight excluding hydrogens is 260 g/mol. The second kappa shape index (κ2) is 6.59. The van der Waals surface area contributed by atoms with Gasteiger partial charge in [0.2, 0.25) is 0 Å². The van der Waals surface area contributed by atoms with Crippen molar-refractivity contribution in [1.82, 2.24) is 9.88 Å². The van der Waals surface area contributed by atoms with Gasteiger partial charge in [0.1, 0.15) is 0 Å². The Bertz CT molecular complexity index is 562. The van der Waals surface area contributed by atoms with Crippen molar-refractivity contribution in [3.05, 3.63) is 54.4 Å². The van der Waals surface area contributed by atoms with Crippen LogP contribution in [0.5, 0.6) is 0 Å². The molecule has 4 nitrogen and oxygen atoms in total. The van der Waals surface area contributed by atoms with E-state index in [1.807, 2.05) is 30.6 Å². The topological polar surface area (TPSA) is 45.4 Å². The van der Waals surface area contributed by atoms with E-state index in [0.717, 1.165) is 44.8 Å². The second-order valence-electron chi connectivity index (χ2n) is 5.53. The van der Waals surface area contributed by atoms with Crippen LogP contribution in [0.25, 0.3) is 0 Å². The minimum atomic E-state index is 0.839. The highest BCUT2D eigenvalue weighted by molar-refractivity contribution is 5.56. The molecule has 0 unspecified atom stereocenters. The molecule has 4 heteroatoms. The molecule has 0 saturated carbocycles. The predicted molar refractivity (Wildman–Crippen MR) is 87.4 cm³/mol. The summed E-state index contributed by atoms with van der Waals surface area (Å²) in [4.78, 5) is 9.11. The van der Waals surface area contributed by atoms with Crippen LogP contribution in [-0.2, 0) is 6.42 Å². The van der Waals surface area contributed by atoms with Crippen molar-refractivity contribution in [2.24, 2.45) is 0 Å². The molecule has 0 radical (unpaired) electrons. The van der Waals surface area contributed by atoms with Crippen LogP contribution in [0.2, 0.25) is 0 Å². The number of benzene rings is 1. The molecule has 1 aromatic heterocycles. The van der Waals surface area contributed by atoms with Gasteiger partial charge in [0.25, 0.3) is 0 Å². The number of nitrogen functional groups attached to an aromatic ring is 1. The predicted octanol–water partition coefficient (Wildman–Crippen LogP) is 2.03. The molecule has 1 fully saturated rings. The van der Waals surface area contributed by atoms with E-state index in [4.69, 9.17) is 5.73 Å². The smallest absolute Gasteiger partial charge is 0.0387 e. The van der Waals surface area contributed by atoms with Crippen molar-refractivity contribution in [1.29, 1.82) is 0 Å². The van der Waals surface area contributed by atoms with Crippen molar-refractivity contribution >= 4 is 11.4 Å². The number of nitrogens with two attached hydrogens (primary N) is 1. The number of piperazine rings is 1. The van der Waals surface area contributed by atoms with E-state index in [-0.39, 0.29) is 0 Å². The number of pyridine rings is 1. The van der Waals surface area contributed by atoms with Crippen molar-refractivity contribution in [2.45, 2.75) is 6.42 Å². The molecule has 0 atom stereocenters. The Labute approximate surface area is 126 Å². The number of aromatic nitrogens is 1. The summed E-state index contributed by atoms with van der Waals surface area (Å²) in [6, 6.07) is 12.3. The van der Waals surface area contributed by atoms with Crippen LogP contribution in [0.3, 0.4) is 0 Å². The lowest BCUT2D eigenvalue weighted by Gasteiger charge is -2.36. The number of hydrogen-bond donors (Lipinski definition) is 1. The van der Waals surface area contributed by atoms with Crippen molar-refractivity contribution in [3.63, 3.8) is 0 Å². The summed E-state index contributed by atoms with van der Waals surface area (Å²) in [5, 5.41) is 0. The fraction of sp³-hybridized carbons (Fsp3) is 0.353. The zero-order valence-electron chi connectivity index (χ0n) is 12.3. The number of nitrogens with zero attached hydrogens (tertiary/aromatic N) is 3. The maximum absolute atomic E-state index is 5.86. The van der Waals surface area contributed by atoms with Gasteiger partial charge in [-0.15, -0.1) is 0 Å². The van der Waals surface area contributed by atoms with Gasteiger partial charge in [-0.05, 0) is 36.2 Å². The molecule has 2 aromatic rings. The molecule has 0 aliphatic carbocycles. The maximum Gasteiger partial charge on any atom is 0.0387 e. The molecular formula is C17H22N4. The molecule has 1 aliphatic rings. The van der Waals surface area contributed by atoms with Gasteiger partial charge in [-0.25, -0.2) is 0 Å². The van der Waals surface area contributed by atoms with E-state index in [1.165, 1.54) is 11.3 Å². The summed E-state index contributed by atoms with van der Waals surface area (Å²) in [7, 11) is 0.